The van der Waals surface area contributed by atoms with Crippen LogP contribution in [0.15, 0.2) is 34.5 Å². The van der Waals surface area contributed by atoms with E-state index >= 15 is 0 Å². The first-order chi connectivity index (χ1) is 13.8. The van der Waals surface area contributed by atoms with Crippen molar-refractivity contribution >= 4 is 35.3 Å². The predicted octanol–water partition coefficient (Wildman–Crippen LogP) is 4.09. The highest BCUT2D eigenvalue weighted by Crippen LogP contribution is 2.28. The van der Waals surface area contributed by atoms with Gasteiger partial charge in [0.1, 0.15) is 11.4 Å². The van der Waals surface area contributed by atoms with Gasteiger partial charge < -0.3 is 10.1 Å². The van der Waals surface area contributed by atoms with Crippen LogP contribution in [0.1, 0.15) is 44.6 Å². The molecule has 0 fully saturated rings. The highest BCUT2D eigenvalue weighted by atomic mass is 32.2. The van der Waals surface area contributed by atoms with Crippen LogP contribution in [0.2, 0.25) is 0 Å². The van der Waals surface area contributed by atoms with Crippen LogP contribution in [0.4, 0.5) is 9.18 Å². The van der Waals surface area contributed by atoms with Crippen LogP contribution in [-0.4, -0.2) is 50.0 Å². The van der Waals surface area contributed by atoms with Crippen molar-refractivity contribution in [3.8, 4) is 0 Å². The van der Waals surface area contributed by atoms with Gasteiger partial charge >= 0.3 is 6.09 Å². The van der Waals surface area contributed by atoms with Crippen molar-refractivity contribution in [3.63, 3.8) is 0 Å². The molecule has 3 rings (SSSR count). The number of fused-ring (bicyclic) bond motifs is 1. The molecule has 2 aromatic rings. The number of carbonyl (C=O) groups excluding carboxylic acids is 1. The van der Waals surface area contributed by atoms with Gasteiger partial charge in [0.05, 0.1) is 11.8 Å². The van der Waals surface area contributed by atoms with Gasteiger partial charge in [-0.05, 0) is 56.9 Å². The zero-order valence-electron chi connectivity index (χ0n) is 16.8. The summed E-state index contributed by atoms with van der Waals surface area (Å²) >= 11 is 3.18. The third-order valence-electron chi connectivity index (χ3n) is 3.99. The summed E-state index contributed by atoms with van der Waals surface area (Å²) in [5.74, 6) is 1.69. The molecule has 0 saturated heterocycles. The molecule has 7 nitrogen and oxygen atoms in total. The summed E-state index contributed by atoms with van der Waals surface area (Å²) in [5, 5.41) is 16.7. The molecule has 0 saturated carbocycles. The SMILES string of the molecule is CSCCC(NC(=O)OC(C)(C)C)c1nnc2n1N=C(c1ccc(F)cc1)CS2. The van der Waals surface area contributed by atoms with E-state index in [0.29, 0.717) is 23.2 Å². The van der Waals surface area contributed by atoms with E-state index in [1.165, 1.54) is 23.9 Å². The van der Waals surface area contributed by atoms with Gasteiger partial charge in [0.2, 0.25) is 5.16 Å². The number of aromatic nitrogens is 3. The van der Waals surface area contributed by atoms with Crippen molar-refractivity contribution in [3.05, 3.63) is 41.5 Å². The van der Waals surface area contributed by atoms with Gasteiger partial charge in [-0.2, -0.15) is 21.5 Å². The van der Waals surface area contributed by atoms with Crippen LogP contribution in [0.3, 0.4) is 0 Å². The molecule has 1 aliphatic heterocycles. The molecule has 156 valence electrons. The maximum absolute atomic E-state index is 13.2. The van der Waals surface area contributed by atoms with Gasteiger partial charge in [0.25, 0.3) is 0 Å². The van der Waals surface area contributed by atoms with Crippen LogP contribution >= 0.6 is 23.5 Å². The first kappa shape index (κ1) is 21.6. The first-order valence-electron chi connectivity index (χ1n) is 9.17. The van der Waals surface area contributed by atoms with E-state index in [2.05, 4.69) is 20.6 Å². The minimum Gasteiger partial charge on any atom is -0.444 e. The Morgan fingerprint density at radius 1 is 1.34 bits per heavy atom. The van der Waals surface area contributed by atoms with Crippen molar-refractivity contribution < 1.29 is 13.9 Å². The van der Waals surface area contributed by atoms with Crippen LogP contribution in [0.5, 0.6) is 0 Å². The predicted molar refractivity (Wildman–Crippen MR) is 114 cm³/mol. The maximum atomic E-state index is 13.2. The number of thioether (sulfide) groups is 2. The molecule has 1 aromatic carbocycles. The minimum absolute atomic E-state index is 0.290. The molecule has 2 heterocycles. The largest absolute Gasteiger partial charge is 0.444 e. The number of benzene rings is 1. The summed E-state index contributed by atoms with van der Waals surface area (Å²) in [6.07, 6.45) is 2.15. The number of nitrogens with zero attached hydrogens (tertiary/aromatic N) is 4. The molecule has 1 unspecified atom stereocenters. The summed E-state index contributed by atoms with van der Waals surface area (Å²) in [6.45, 7) is 5.45. The number of ether oxygens (including phenoxy) is 1. The third-order valence-corrected chi connectivity index (χ3v) is 5.56. The number of amides is 1. The fraction of sp³-hybridized carbons (Fsp3) is 0.474. The van der Waals surface area contributed by atoms with E-state index in [-0.39, 0.29) is 5.82 Å². The van der Waals surface area contributed by atoms with Gasteiger partial charge in [-0.1, -0.05) is 23.9 Å². The Morgan fingerprint density at radius 3 is 2.72 bits per heavy atom. The molecule has 1 aromatic heterocycles. The van der Waals surface area contributed by atoms with E-state index in [1.54, 1.807) is 28.6 Å². The Morgan fingerprint density at radius 2 is 2.07 bits per heavy atom. The fourth-order valence-corrected chi connectivity index (χ4v) is 4.01. The standard InChI is InChI=1S/C19H24FN5O2S2/c1-19(2,3)27-18(26)21-14(9-10-28-4)16-22-23-17-25(16)24-15(11-29-17)12-5-7-13(20)8-6-12/h5-8,14H,9-11H2,1-4H3,(H,21,26). The Hall–Kier alpha value is -2.07. The molecule has 0 spiro atoms. The molecule has 1 N–H and O–H groups in total. The summed E-state index contributed by atoms with van der Waals surface area (Å²) in [6, 6.07) is 5.84. The zero-order valence-corrected chi connectivity index (χ0v) is 18.4. The molecule has 10 heteroatoms. The van der Waals surface area contributed by atoms with E-state index in [0.717, 1.165) is 17.0 Å². The number of rotatable bonds is 6. The van der Waals surface area contributed by atoms with Crippen LogP contribution in [0, 0.1) is 5.82 Å². The molecule has 1 aliphatic rings. The van der Waals surface area contributed by atoms with Gasteiger partial charge in [0, 0.05) is 5.75 Å². The highest BCUT2D eigenvalue weighted by Gasteiger charge is 2.28. The van der Waals surface area contributed by atoms with Crippen LogP contribution in [0.25, 0.3) is 0 Å². The second-order valence-corrected chi connectivity index (χ2v) is 9.40. The van der Waals surface area contributed by atoms with Crippen LogP contribution < -0.4 is 5.32 Å². The molecule has 1 atom stereocenters. The summed E-state index contributed by atoms with van der Waals surface area (Å²) in [7, 11) is 0. The summed E-state index contributed by atoms with van der Waals surface area (Å²) < 4.78 is 20.3. The van der Waals surface area contributed by atoms with Crippen molar-refractivity contribution in [2.45, 2.75) is 44.0 Å². The molecule has 1 amide bonds. The molecule has 0 bridgehead atoms. The average molecular weight is 438 g/mol. The topological polar surface area (TPSA) is 81.4 Å². The molecule has 0 aliphatic carbocycles. The van der Waals surface area contributed by atoms with E-state index in [4.69, 9.17) is 4.74 Å². The third kappa shape index (κ3) is 5.72. The average Bonchev–Trinajstić information content (AvgIpc) is 3.07. The first-order valence-corrected chi connectivity index (χ1v) is 11.5. The maximum Gasteiger partial charge on any atom is 0.408 e. The Kier molecular flexibility index (Phi) is 6.84. The monoisotopic (exact) mass is 437 g/mol. The lowest BCUT2D eigenvalue weighted by Crippen LogP contribution is -2.36. The quantitative estimate of drug-likeness (QED) is 0.733. The van der Waals surface area contributed by atoms with E-state index in [9.17, 15) is 9.18 Å². The van der Waals surface area contributed by atoms with Gasteiger partial charge in [0.15, 0.2) is 5.82 Å². The van der Waals surface area contributed by atoms with Gasteiger partial charge in [-0.15, -0.1) is 10.2 Å². The Balaban J connectivity index is 1.88. The molecule has 0 radical (unpaired) electrons. The van der Waals surface area contributed by atoms with E-state index < -0.39 is 17.7 Å². The van der Waals surface area contributed by atoms with E-state index in [1.807, 2.05) is 27.0 Å². The van der Waals surface area contributed by atoms with Crippen LogP contribution in [-0.2, 0) is 4.74 Å². The smallest absolute Gasteiger partial charge is 0.408 e. The minimum atomic E-state index is -0.595. The highest BCUT2D eigenvalue weighted by molar-refractivity contribution is 7.99. The van der Waals surface area contributed by atoms with Crippen molar-refractivity contribution in [2.75, 3.05) is 17.8 Å². The van der Waals surface area contributed by atoms with Gasteiger partial charge in [-0.25, -0.2) is 9.18 Å². The number of carbonyl (C=O) groups is 1. The van der Waals surface area contributed by atoms with Gasteiger partial charge in [-0.3, -0.25) is 0 Å². The number of nitrogens with one attached hydrogen (secondary N) is 1. The lowest BCUT2D eigenvalue weighted by Gasteiger charge is -2.23. The van der Waals surface area contributed by atoms with Crippen molar-refractivity contribution in [1.29, 1.82) is 0 Å². The molecular weight excluding hydrogens is 413 g/mol. The molecular formula is C19H24FN5O2S2. The molecule has 29 heavy (non-hydrogen) atoms. The second kappa shape index (κ2) is 9.17. The van der Waals surface area contributed by atoms with Crippen molar-refractivity contribution in [1.82, 2.24) is 20.2 Å². The number of hydrogen-bond donors (Lipinski definition) is 1. The number of halogens is 1. The van der Waals surface area contributed by atoms with Crippen molar-refractivity contribution in [2.24, 2.45) is 5.10 Å². The summed E-state index contributed by atoms with van der Waals surface area (Å²) in [4.78, 5) is 12.3. The lowest BCUT2D eigenvalue weighted by atomic mass is 10.1. The fourth-order valence-electron chi connectivity index (χ4n) is 2.70. The number of hydrogen-bond acceptors (Lipinski definition) is 7. The Bertz CT molecular complexity index is 893. The summed E-state index contributed by atoms with van der Waals surface area (Å²) in [5.41, 5.74) is 1.04. The normalized spacial score (nSPS) is 14.7. The second-order valence-electron chi connectivity index (χ2n) is 7.48. The Labute approximate surface area is 177 Å². The number of alkyl carbamates (subject to hydrolysis) is 1. The lowest BCUT2D eigenvalue weighted by molar-refractivity contribution is 0.0499. The zero-order chi connectivity index (χ0) is 21.0.